The van der Waals surface area contributed by atoms with E-state index in [1.165, 1.54) is 6.07 Å². The van der Waals surface area contributed by atoms with E-state index in [0.29, 0.717) is 12.0 Å². The minimum atomic E-state index is -0.788. The van der Waals surface area contributed by atoms with E-state index in [1.807, 2.05) is 6.92 Å². The molecule has 1 atom stereocenters. The molecule has 4 nitrogen and oxygen atoms in total. The number of nitro groups is 1. The van der Waals surface area contributed by atoms with Gasteiger partial charge in [0, 0.05) is 11.6 Å². The van der Waals surface area contributed by atoms with E-state index in [0.717, 1.165) is 0 Å². The van der Waals surface area contributed by atoms with Crippen LogP contribution >= 0.6 is 0 Å². The highest BCUT2D eigenvalue weighted by Crippen LogP contribution is 2.33. The topological polar surface area (TPSA) is 66.9 Å². The number of nitro benzene ring substituents is 1. The van der Waals surface area contributed by atoms with Crippen LogP contribution in [0.15, 0.2) is 24.3 Å². The lowest BCUT2D eigenvalue weighted by molar-refractivity contribution is -0.385. The quantitative estimate of drug-likeness (QED) is 0.561. The van der Waals surface area contributed by atoms with Crippen LogP contribution in [-0.4, -0.2) is 4.92 Å². The molecule has 0 aliphatic heterocycles. The Bertz CT molecular complexity index is 423. The lowest BCUT2D eigenvalue weighted by Crippen LogP contribution is -2.19. The molecule has 0 radical (unpaired) electrons. The molecule has 1 unspecified atom stereocenters. The third kappa shape index (κ3) is 1.96. The second-order valence-electron chi connectivity index (χ2n) is 3.57. The molecule has 0 fully saturated rings. The zero-order valence-electron chi connectivity index (χ0n) is 8.73. The van der Waals surface area contributed by atoms with Crippen molar-refractivity contribution in [1.29, 1.82) is 5.26 Å². The molecule has 1 rings (SSSR count). The Balaban J connectivity index is 3.37. The number of rotatable bonds is 3. The summed E-state index contributed by atoms with van der Waals surface area (Å²) in [5.74, 6) is 0. The van der Waals surface area contributed by atoms with Gasteiger partial charge in [0.2, 0.25) is 0 Å². The predicted molar refractivity (Wildman–Crippen MR) is 56.4 cm³/mol. The third-order valence-corrected chi connectivity index (χ3v) is 2.65. The number of nitriles is 1. The minimum Gasteiger partial charge on any atom is -0.258 e. The molecule has 78 valence electrons. The molecule has 0 saturated heterocycles. The smallest absolute Gasteiger partial charge is 0.258 e. The summed E-state index contributed by atoms with van der Waals surface area (Å²) < 4.78 is 0. The van der Waals surface area contributed by atoms with Gasteiger partial charge in [-0.15, -0.1) is 0 Å². The Morgan fingerprint density at radius 2 is 2.13 bits per heavy atom. The van der Waals surface area contributed by atoms with Crippen molar-refractivity contribution >= 4 is 5.69 Å². The van der Waals surface area contributed by atoms with Crippen molar-refractivity contribution in [2.24, 2.45) is 0 Å². The van der Waals surface area contributed by atoms with Gasteiger partial charge < -0.3 is 0 Å². The van der Waals surface area contributed by atoms with Crippen molar-refractivity contribution in [3.05, 3.63) is 39.9 Å². The van der Waals surface area contributed by atoms with Crippen LogP contribution in [0.1, 0.15) is 25.8 Å². The van der Waals surface area contributed by atoms with Gasteiger partial charge in [0.15, 0.2) is 0 Å². The van der Waals surface area contributed by atoms with Crippen LogP contribution in [0.25, 0.3) is 0 Å². The summed E-state index contributed by atoms with van der Waals surface area (Å²) in [4.78, 5) is 10.4. The molecule has 0 aromatic heterocycles. The van der Waals surface area contributed by atoms with Crippen molar-refractivity contribution in [3.63, 3.8) is 0 Å². The normalized spacial score (nSPS) is 13.9. The van der Waals surface area contributed by atoms with Crippen molar-refractivity contribution in [2.75, 3.05) is 0 Å². The SMILES string of the molecule is CCC(C)(C#N)c1ccccc1[N+](=O)[O-]. The highest BCUT2D eigenvalue weighted by Gasteiger charge is 2.31. The number of benzene rings is 1. The number of para-hydroxylation sites is 1. The molecule has 0 aliphatic rings. The molecule has 0 spiro atoms. The lowest BCUT2D eigenvalue weighted by atomic mass is 9.81. The zero-order chi connectivity index (χ0) is 11.5. The first kappa shape index (κ1) is 11.2. The zero-order valence-corrected chi connectivity index (χ0v) is 8.73. The van der Waals surface area contributed by atoms with Crippen LogP contribution in [0.2, 0.25) is 0 Å². The third-order valence-electron chi connectivity index (χ3n) is 2.65. The van der Waals surface area contributed by atoms with Crippen LogP contribution in [0.5, 0.6) is 0 Å². The Labute approximate surface area is 88.3 Å². The maximum absolute atomic E-state index is 10.8. The largest absolute Gasteiger partial charge is 0.274 e. The fraction of sp³-hybridized carbons (Fsp3) is 0.364. The summed E-state index contributed by atoms with van der Waals surface area (Å²) in [7, 11) is 0. The predicted octanol–water partition coefficient (Wildman–Crippen LogP) is 2.79. The molecule has 1 aromatic rings. The summed E-state index contributed by atoms with van der Waals surface area (Å²) in [6.07, 6.45) is 0.550. The summed E-state index contributed by atoms with van der Waals surface area (Å²) in [6, 6.07) is 8.53. The standard InChI is InChI=1S/C11H12N2O2/c1-3-11(2,8-12)9-6-4-5-7-10(9)13(14)15/h4-7H,3H2,1-2H3. The highest BCUT2D eigenvalue weighted by molar-refractivity contribution is 5.47. The summed E-state index contributed by atoms with van der Waals surface area (Å²) in [5, 5.41) is 19.9. The Kier molecular flexibility index (Phi) is 3.05. The summed E-state index contributed by atoms with van der Waals surface area (Å²) >= 11 is 0. The summed E-state index contributed by atoms with van der Waals surface area (Å²) in [5.41, 5.74) is -0.285. The maximum atomic E-state index is 10.8. The van der Waals surface area contributed by atoms with Gasteiger partial charge in [0.05, 0.1) is 16.4 Å². The molecule has 0 bridgehead atoms. The molecule has 0 saturated carbocycles. The molecule has 1 aromatic carbocycles. The van der Waals surface area contributed by atoms with Gasteiger partial charge in [-0.05, 0) is 13.3 Å². The minimum absolute atomic E-state index is 0.0170. The van der Waals surface area contributed by atoms with Gasteiger partial charge >= 0.3 is 0 Å². The van der Waals surface area contributed by atoms with Crippen molar-refractivity contribution < 1.29 is 4.92 Å². The molecule has 15 heavy (non-hydrogen) atoms. The molecule has 4 heteroatoms. The van der Waals surface area contributed by atoms with E-state index in [9.17, 15) is 10.1 Å². The first-order valence-corrected chi connectivity index (χ1v) is 4.70. The fourth-order valence-corrected chi connectivity index (χ4v) is 1.43. The van der Waals surface area contributed by atoms with E-state index in [-0.39, 0.29) is 5.69 Å². The van der Waals surface area contributed by atoms with E-state index < -0.39 is 10.3 Å². The van der Waals surface area contributed by atoms with Gasteiger partial charge in [0.25, 0.3) is 5.69 Å². The fourth-order valence-electron chi connectivity index (χ4n) is 1.43. The van der Waals surface area contributed by atoms with Gasteiger partial charge in [-0.1, -0.05) is 25.1 Å². The van der Waals surface area contributed by atoms with Crippen molar-refractivity contribution in [1.82, 2.24) is 0 Å². The average molecular weight is 204 g/mol. The molecular weight excluding hydrogens is 192 g/mol. The number of hydrogen-bond acceptors (Lipinski definition) is 3. The monoisotopic (exact) mass is 204 g/mol. The van der Waals surface area contributed by atoms with Crippen molar-refractivity contribution in [3.8, 4) is 6.07 Å². The van der Waals surface area contributed by atoms with Crippen LogP contribution < -0.4 is 0 Å². The first-order chi connectivity index (χ1) is 7.05. The summed E-state index contributed by atoms with van der Waals surface area (Å²) in [6.45, 7) is 3.56. The van der Waals surface area contributed by atoms with Gasteiger partial charge in [-0.25, -0.2) is 0 Å². The molecule has 0 heterocycles. The van der Waals surface area contributed by atoms with Crippen molar-refractivity contribution in [2.45, 2.75) is 25.7 Å². The Hall–Kier alpha value is -1.89. The number of hydrogen-bond donors (Lipinski definition) is 0. The first-order valence-electron chi connectivity index (χ1n) is 4.70. The van der Waals surface area contributed by atoms with Gasteiger partial charge in [0.1, 0.15) is 0 Å². The maximum Gasteiger partial charge on any atom is 0.274 e. The highest BCUT2D eigenvalue weighted by atomic mass is 16.6. The second-order valence-corrected chi connectivity index (χ2v) is 3.57. The molecule has 0 aliphatic carbocycles. The van der Waals surface area contributed by atoms with E-state index in [4.69, 9.17) is 5.26 Å². The Morgan fingerprint density at radius 1 is 1.53 bits per heavy atom. The number of nitrogens with zero attached hydrogens (tertiary/aromatic N) is 2. The second kappa shape index (κ2) is 4.09. The average Bonchev–Trinajstić information content (AvgIpc) is 2.28. The van der Waals surface area contributed by atoms with Gasteiger partial charge in [-0.2, -0.15) is 5.26 Å². The molecular formula is C11H12N2O2. The van der Waals surface area contributed by atoms with Crippen LogP contribution in [0.4, 0.5) is 5.69 Å². The van der Waals surface area contributed by atoms with E-state index in [2.05, 4.69) is 6.07 Å². The van der Waals surface area contributed by atoms with E-state index in [1.54, 1.807) is 25.1 Å². The van der Waals surface area contributed by atoms with Crippen LogP contribution in [-0.2, 0) is 5.41 Å². The van der Waals surface area contributed by atoms with Crippen LogP contribution in [0.3, 0.4) is 0 Å². The van der Waals surface area contributed by atoms with E-state index >= 15 is 0 Å². The molecule has 0 amide bonds. The van der Waals surface area contributed by atoms with Crippen LogP contribution in [0, 0.1) is 21.4 Å². The van der Waals surface area contributed by atoms with Gasteiger partial charge in [-0.3, -0.25) is 10.1 Å². The molecule has 0 N–H and O–H groups in total. The Morgan fingerprint density at radius 3 is 2.60 bits per heavy atom. The lowest BCUT2D eigenvalue weighted by Gasteiger charge is -2.19.